The van der Waals surface area contributed by atoms with Crippen LogP contribution in [0.4, 0.5) is 0 Å². The van der Waals surface area contributed by atoms with Gasteiger partial charge in [-0.05, 0) is 30.9 Å². The molecule has 1 aromatic carbocycles. The molecule has 1 aliphatic rings. The molecule has 0 aliphatic heterocycles. The highest BCUT2D eigenvalue weighted by Crippen LogP contribution is 2.23. The first kappa shape index (κ1) is 15.9. The van der Waals surface area contributed by atoms with E-state index in [1.165, 1.54) is 0 Å². The average Bonchev–Trinajstić information content (AvgIpc) is 2.27. The van der Waals surface area contributed by atoms with E-state index in [1.807, 2.05) is 0 Å². The smallest absolute Gasteiger partial charge is 0.335 e. The Bertz CT molecular complexity index is 326. The van der Waals surface area contributed by atoms with Crippen molar-refractivity contribution in [3.63, 3.8) is 0 Å². The number of carboxylic acid groups (broad SMARTS) is 1. The molecule has 96 valence electrons. The molecule has 0 radical (unpaired) electrons. The molecule has 4 N–H and O–H groups in total. The van der Waals surface area contributed by atoms with Crippen molar-refractivity contribution in [2.75, 3.05) is 6.61 Å². The van der Waals surface area contributed by atoms with E-state index in [1.54, 1.807) is 30.3 Å². The highest BCUT2D eigenvalue weighted by Gasteiger charge is 2.24. The van der Waals surface area contributed by atoms with Crippen LogP contribution in [0.1, 0.15) is 23.2 Å². The number of aliphatic hydroxyl groups excluding tert-OH is 1. The molecule has 0 saturated heterocycles. The molecule has 1 aliphatic carbocycles. The number of halogens is 1. The van der Waals surface area contributed by atoms with Crippen LogP contribution in [-0.4, -0.2) is 28.8 Å². The quantitative estimate of drug-likeness (QED) is 0.752. The Morgan fingerprint density at radius 2 is 1.82 bits per heavy atom. The second-order valence-corrected chi connectivity index (χ2v) is 3.95. The van der Waals surface area contributed by atoms with Crippen molar-refractivity contribution in [1.82, 2.24) is 0 Å². The number of rotatable bonds is 2. The lowest BCUT2D eigenvalue weighted by Gasteiger charge is -2.30. The van der Waals surface area contributed by atoms with Gasteiger partial charge in [0, 0.05) is 12.6 Å². The Hall–Kier alpha value is -1.10. The van der Waals surface area contributed by atoms with Crippen LogP contribution in [0.15, 0.2) is 30.3 Å². The molecular formula is C12H18ClNO3. The summed E-state index contributed by atoms with van der Waals surface area (Å²) in [6.07, 6.45) is 2.05. The predicted molar refractivity (Wildman–Crippen MR) is 68.4 cm³/mol. The zero-order valence-corrected chi connectivity index (χ0v) is 10.3. The maximum Gasteiger partial charge on any atom is 0.335 e. The Morgan fingerprint density at radius 1 is 1.29 bits per heavy atom. The maximum absolute atomic E-state index is 10.2. The molecule has 5 heteroatoms. The van der Waals surface area contributed by atoms with Crippen LogP contribution in [0, 0.1) is 5.92 Å². The molecule has 4 nitrogen and oxygen atoms in total. The minimum Gasteiger partial charge on any atom is -0.478 e. The molecule has 0 unspecified atom stereocenters. The van der Waals surface area contributed by atoms with E-state index in [0.29, 0.717) is 24.1 Å². The van der Waals surface area contributed by atoms with E-state index in [9.17, 15) is 4.79 Å². The van der Waals surface area contributed by atoms with Gasteiger partial charge in [0.1, 0.15) is 0 Å². The van der Waals surface area contributed by atoms with Crippen molar-refractivity contribution in [2.45, 2.75) is 18.9 Å². The highest BCUT2D eigenvalue weighted by atomic mass is 35.5. The Kier molecular flexibility index (Phi) is 7.54. The summed E-state index contributed by atoms with van der Waals surface area (Å²) >= 11 is 0. The number of aliphatic hydroxyl groups is 1. The minimum absolute atomic E-state index is 0. The molecule has 2 rings (SSSR count). The summed E-state index contributed by atoms with van der Waals surface area (Å²) < 4.78 is 0. The number of carboxylic acids is 1. The van der Waals surface area contributed by atoms with Crippen molar-refractivity contribution in [3.05, 3.63) is 35.9 Å². The number of hydrogen-bond acceptors (Lipinski definition) is 3. The molecule has 1 fully saturated rings. The van der Waals surface area contributed by atoms with Gasteiger partial charge in [0.15, 0.2) is 0 Å². The van der Waals surface area contributed by atoms with Crippen LogP contribution in [0.2, 0.25) is 0 Å². The fraction of sp³-hybridized carbons (Fsp3) is 0.417. The summed E-state index contributed by atoms with van der Waals surface area (Å²) in [5.74, 6) is -0.356. The molecule has 0 atom stereocenters. The zero-order valence-electron chi connectivity index (χ0n) is 9.45. The number of benzene rings is 1. The Balaban J connectivity index is 0.000000292. The van der Waals surface area contributed by atoms with Crippen LogP contribution < -0.4 is 5.73 Å². The van der Waals surface area contributed by atoms with E-state index in [4.69, 9.17) is 15.9 Å². The molecule has 0 spiro atoms. The standard InChI is InChI=1S/C7H6O2.C5H11NO.ClH/c8-7(9)6-4-2-1-3-5-6;6-5-1-4(2-5)3-7;/h1-5H,(H,8,9);4-5,7H,1-3,6H2;1H. The van der Waals surface area contributed by atoms with Crippen molar-refractivity contribution in [2.24, 2.45) is 11.7 Å². The number of hydrogen-bond donors (Lipinski definition) is 3. The summed E-state index contributed by atoms with van der Waals surface area (Å²) in [6.45, 7) is 0.327. The molecule has 0 bridgehead atoms. The normalized spacial score (nSPS) is 21.3. The van der Waals surface area contributed by atoms with Gasteiger partial charge in [-0.2, -0.15) is 0 Å². The van der Waals surface area contributed by atoms with Crippen LogP contribution in [0.5, 0.6) is 0 Å². The summed E-state index contributed by atoms with van der Waals surface area (Å²) in [6, 6.07) is 8.68. The van der Waals surface area contributed by atoms with Gasteiger partial charge in [-0.25, -0.2) is 4.79 Å². The molecule has 1 aromatic rings. The van der Waals surface area contributed by atoms with E-state index in [2.05, 4.69) is 0 Å². The minimum atomic E-state index is -0.879. The van der Waals surface area contributed by atoms with Gasteiger partial charge in [-0.3, -0.25) is 0 Å². The summed E-state index contributed by atoms with van der Waals surface area (Å²) in [5, 5.41) is 16.8. The van der Waals surface area contributed by atoms with Crippen LogP contribution in [0.3, 0.4) is 0 Å². The predicted octanol–water partition coefficient (Wildman–Crippen LogP) is 1.52. The van der Waals surface area contributed by atoms with Gasteiger partial charge in [0.05, 0.1) is 5.56 Å². The number of nitrogens with two attached hydrogens (primary N) is 1. The third-order valence-electron chi connectivity index (χ3n) is 2.55. The number of carbonyl (C=O) groups is 1. The van der Waals surface area contributed by atoms with Gasteiger partial charge in [-0.15, -0.1) is 12.4 Å². The lowest BCUT2D eigenvalue weighted by molar-refractivity contribution is 0.0697. The fourth-order valence-corrected chi connectivity index (χ4v) is 1.52. The van der Waals surface area contributed by atoms with Gasteiger partial charge in [0.2, 0.25) is 0 Å². The largest absolute Gasteiger partial charge is 0.478 e. The van der Waals surface area contributed by atoms with Crippen LogP contribution in [0.25, 0.3) is 0 Å². The summed E-state index contributed by atoms with van der Waals surface area (Å²) in [7, 11) is 0. The van der Waals surface area contributed by atoms with Crippen LogP contribution in [-0.2, 0) is 0 Å². The Labute approximate surface area is 107 Å². The highest BCUT2D eigenvalue weighted by molar-refractivity contribution is 5.87. The average molecular weight is 260 g/mol. The molecular weight excluding hydrogens is 242 g/mol. The fourth-order valence-electron chi connectivity index (χ4n) is 1.52. The Morgan fingerprint density at radius 3 is 2.06 bits per heavy atom. The van der Waals surface area contributed by atoms with Crippen molar-refractivity contribution < 1.29 is 15.0 Å². The van der Waals surface area contributed by atoms with Gasteiger partial charge >= 0.3 is 5.97 Å². The zero-order chi connectivity index (χ0) is 12.0. The molecule has 0 aromatic heterocycles. The van der Waals surface area contributed by atoms with E-state index >= 15 is 0 Å². The summed E-state index contributed by atoms with van der Waals surface area (Å²) in [5.41, 5.74) is 5.76. The van der Waals surface area contributed by atoms with Crippen molar-refractivity contribution in [1.29, 1.82) is 0 Å². The summed E-state index contributed by atoms with van der Waals surface area (Å²) in [4.78, 5) is 10.2. The van der Waals surface area contributed by atoms with Crippen LogP contribution >= 0.6 is 12.4 Å². The van der Waals surface area contributed by atoms with Gasteiger partial charge < -0.3 is 15.9 Å². The first-order valence-electron chi connectivity index (χ1n) is 5.28. The lowest BCUT2D eigenvalue weighted by atomic mass is 9.82. The second-order valence-electron chi connectivity index (χ2n) is 3.95. The lowest BCUT2D eigenvalue weighted by Crippen LogP contribution is -2.37. The first-order valence-corrected chi connectivity index (χ1v) is 5.28. The second kappa shape index (κ2) is 8.06. The van der Waals surface area contributed by atoms with E-state index in [-0.39, 0.29) is 12.4 Å². The maximum atomic E-state index is 10.2. The van der Waals surface area contributed by atoms with Crippen molar-refractivity contribution >= 4 is 18.4 Å². The van der Waals surface area contributed by atoms with Crippen molar-refractivity contribution in [3.8, 4) is 0 Å². The monoisotopic (exact) mass is 259 g/mol. The molecule has 0 heterocycles. The SMILES string of the molecule is Cl.NC1CC(CO)C1.O=C(O)c1ccccc1. The molecule has 0 amide bonds. The van der Waals surface area contributed by atoms with Gasteiger partial charge in [-0.1, -0.05) is 18.2 Å². The third-order valence-corrected chi connectivity index (χ3v) is 2.55. The third kappa shape index (κ3) is 5.68. The first-order chi connectivity index (χ1) is 7.63. The topological polar surface area (TPSA) is 83.5 Å². The molecule has 1 saturated carbocycles. The molecule has 17 heavy (non-hydrogen) atoms. The van der Waals surface area contributed by atoms with E-state index < -0.39 is 5.97 Å². The number of aromatic carboxylic acids is 1. The van der Waals surface area contributed by atoms with E-state index in [0.717, 1.165) is 12.8 Å². The van der Waals surface area contributed by atoms with Gasteiger partial charge in [0.25, 0.3) is 0 Å².